The van der Waals surface area contributed by atoms with Crippen LogP contribution >= 0.6 is 0 Å². The summed E-state index contributed by atoms with van der Waals surface area (Å²) < 4.78 is 27.9. The quantitative estimate of drug-likeness (QED) is 0.843. The molecule has 0 saturated heterocycles. The van der Waals surface area contributed by atoms with E-state index in [0.717, 1.165) is 12.1 Å². The average molecular weight is 269 g/mol. The zero-order valence-electron chi connectivity index (χ0n) is 10.0. The molecule has 19 heavy (non-hydrogen) atoms. The summed E-state index contributed by atoms with van der Waals surface area (Å²) in [6.45, 7) is -0.432. The van der Waals surface area contributed by atoms with Crippen LogP contribution in [0.2, 0.25) is 0 Å². The van der Waals surface area contributed by atoms with Crippen LogP contribution in [0.3, 0.4) is 0 Å². The minimum Gasteiger partial charge on any atom is -0.393 e. The van der Waals surface area contributed by atoms with Crippen LogP contribution in [0.15, 0.2) is 30.9 Å². The van der Waals surface area contributed by atoms with E-state index in [9.17, 15) is 19.0 Å². The van der Waals surface area contributed by atoms with Crippen molar-refractivity contribution < 1.29 is 19.0 Å². The van der Waals surface area contributed by atoms with Gasteiger partial charge in [0.15, 0.2) is 0 Å². The predicted molar refractivity (Wildman–Crippen MR) is 62.0 cm³/mol. The summed E-state index contributed by atoms with van der Waals surface area (Å²) in [6.07, 6.45) is 2.80. The van der Waals surface area contributed by atoms with E-state index in [4.69, 9.17) is 0 Å². The number of nitrogens with zero attached hydrogens (tertiary/aromatic N) is 3. The summed E-state index contributed by atoms with van der Waals surface area (Å²) in [4.78, 5) is 3.73. The first-order chi connectivity index (χ1) is 9.05. The van der Waals surface area contributed by atoms with E-state index in [2.05, 4.69) is 10.1 Å². The molecule has 7 heteroatoms. The number of hydrogen-bond acceptors (Lipinski definition) is 4. The Bertz CT molecular complexity index is 548. The third-order valence-corrected chi connectivity index (χ3v) is 2.92. The molecule has 0 unspecified atom stereocenters. The number of hydrogen-bond donors (Lipinski definition) is 2. The molecule has 2 rings (SSSR count). The van der Waals surface area contributed by atoms with E-state index in [-0.39, 0.29) is 18.5 Å². The Labute approximate surface area is 108 Å². The Kier molecular flexibility index (Phi) is 3.87. The molecule has 5 nitrogen and oxygen atoms in total. The summed E-state index contributed by atoms with van der Waals surface area (Å²) >= 11 is 0. The van der Waals surface area contributed by atoms with Crippen molar-refractivity contribution >= 4 is 0 Å². The fourth-order valence-electron chi connectivity index (χ4n) is 1.81. The number of aliphatic hydroxyl groups is 2. The van der Waals surface area contributed by atoms with Crippen LogP contribution < -0.4 is 0 Å². The smallest absolute Gasteiger partial charge is 0.137 e. The number of aryl methyl sites for hydroxylation is 1. The molecule has 0 spiro atoms. The van der Waals surface area contributed by atoms with Gasteiger partial charge in [-0.2, -0.15) is 5.10 Å². The molecule has 0 radical (unpaired) electrons. The molecule has 0 saturated carbocycles. The van der Waals surface area contributed by atoms with Crippen LogP contribution in [0.4, 0.5) is 8.78 Å². The second-order valence-electron chi connectivity index (χ2n) is 4.22. The van der Waals surface area contributed by atoms with Gasteiger partial charge in [0.05, 0.1) is 6.61 Å². The zero-order valence-corrected chi connectivity index (χ0v) is 10.0. The monoisotopic (exact) mass is 269 g/mol. The van der Waals surface area contributed by atoms with Gasteiger partial charge in [0.25, 0.3) is 0 Å². The first kappa shape index (κ1) is 13.6. The van der Waals surface area contributed by atoms with E-state index >= 15 is 0 Å². The minimum atomic E-state index is -1.79. The lowest BCUT2D eigenvalue weighted by Crippen LogP contribution is -2.33. The Hall–Kier alpha value is -1.86. The Morgan fingerprint density at radius 3 is 2.68 bits per heavy atom. The van der Waals surface area contributed by atoms with E-state index in [1.165, 1.54) is 17.3 Å². The topological polar surface area (TPSA) is 71.2 Å². The van der Waals surface area contributed by atoms with E-state index in [1.807, 2.05) is 0 Å². The van der Waals surface area contributed by atoms with E-state index < -0.39 is 23.8 Å². The molecule has 0 fully saturated rings. The van der Waals surface area contributed by atoms with Gasteiger partial charge in [0, 0.05) is 24.6 Å². The van der Waals surface area contributed by atoms with E-state index in [1.54, 1.807) is 0 Å². The van der Waals surface area contributed by atoms with Crippen LogP contribution in [-0.2, 0) is 12.1 Å². The van der Waals surface area contributed by atoms with Crippen LogP contribution in [-0.4, -0.2) is 31.6 Å². The molecule has 0 amide bonds. The third kappa shape index (κ3) is 2.94. The minimum absolute atomic E-state index is 0.0232. The van der Waals surface area contributed by atoms with Gasteiger partial charge >= 0.3 is 0 Å². The lowest BCUT2D eigenvalue weighted by Gasteiger charge is -2.26. The lowest BCUT2D eigenvalue weighted by atomic mass is 9.90. The second kappa shape index (κ2) is 5.41. The Morgan fingerprint density at radius 1 is 1.32 bits per heavy atom. The SMILES string of the molecule is OC[C@](O)(CCn1cncn1)c1ccc(F)cc1F. The van der Waals surface area contributed by atoms with Crippen molar-refractivity contribution in [3.05, 3.63) is 48.1 Å². The van der Waals surface area contributed by atoms with Gasteiger partial charge in [-0.25, -0.2) is 13.8 Å². The highest BCUT2D eigenvalue weighted by atomic mass is 19.1. The number of halogens is 2. The molecular weight excluding hydrogens is 256 g/mol. The van der Waals surface area contributed by atoms with Crippen molar-refractivity contribution in [3.63, 3.8) is 0 Å². The molecule has 0 aliphatic carbocycles. The van der Waals surface area contributed by atoms with Crippen molar-refractivity contribution in [3.8, 4) is 0 Å². The standard InChI is InChI=1S/C12H13F2N3O2/c13-9-1-2-10(11(14)5-9)12(19,6-18)3-4-17-8-15-7-16-17/h1-2,5,7-8,18-19H,3-4,6H2/t12-/m1/s1. The summed E-state index contributed by atoms with van der Waals surface area (Å²) in [5, 5.41) is 23.4. The van der Waals surface area contributed by atoms with Gasteiger partial charge in [-0.3, -0.25) is 4.68 Å². The van der Waals surface area contributed by atoms with Crippen molar-refractivity contribution in [2.45, 2.75) is 18.6 Å². The molecule has 2 N–H and O–H groups in total. The fourth-order valence-corrected chi connectivity index (χ4v) is 1.81. The first-order valence-corrected chi connectivity index (χ1v) is 5.66. The Balaban J connectivity index is 2.21. The molecule has 0 bridgehead atoms. The van der Waals surface area contributed by atoms with Crippen LogP contribution in [0.25, 0.3) is 0 Å². The van der Waals surface area contributed by atoms with Crippen molar-refractivity contribution in [1.82, 2.24) is 14.8 Å². The molecule has 1 atom stereocenters. The first-order valence-electron chi connectivity index (χ1n) is 5.66. The van der Waals surface area contributed by atoms with Crippen molar-refractivity contribution in [2.24, 2.45) is 0 Å². The summed E-state index contributed by atoms with van der Waals surface area (Å²) in [7, 11) is 0. The van der Waals surface area contributed by atoms with Crippen molar-refractivity contribution in [1.29, 1.82) is 0 Å². The van der Waals surface area contributed by atoms with Crippen LogP contribution in [0.5, 0.6) is 0 Å². The number of aromatic nitrogens is 3. The molecule has 1 aromatic carbocycles. The van der Waals surface area contributed by atoms with Gasteiger partial charge in [-0.1, -0.05) is 6.07 Å². The van der Waals surface area contributed by atoms with Crippen molar-refractivity contribution in [2.75, 3.05) is 6.61 Å². The molecule has 2 aromatic rings. The number of rotatable bonds is 5. The molecular formula is C12H13F2N3O2. The van der Waals surface area contributed by atoms with Crippen LogP contribution in [0, 0.1) is 11.6 Å². The largest absolute Gasteiger partial charge is 0.393 e. The van der Waals surface area contributed by atoms with E-state index in [0.29, 0.717) is 6.07 Å². The highest BCUT2D eigenvalue weighted by Gasteiger charge is 2.31. The molecule has 1 heterocycles. The zero-order chi connectivity index (χ0) is 13.9. The maximum atomic E-state index is 13.7. The van der Waals surface area contributed by atoms with Crippen LogP contribution in [0.1, 0.15) is 12.0 Å². The molecule has 1 aromatic heterocycles. The summed E-state index contributed by atoms with van der Waals surface area (Å²) in [5.41, 5.74) is -1.93. The maximum Gasteiger partial charge on any atom is 0.137 e. The summed E-state index contributed by atoms with van der Waals surface area (Å²) in [6, 6.07) is 2.84. The Morgan fingerprint density at radius 2 is 2.11 bits per heavy atom. The maximum absolute atomic E-state index is 13.7. The summed E-state index contributed by atoms with van der Waals surface area (Å²) in [5.74, 6) is -1.63. The average Bonchev–Trinajstić information content (AvgIpc) is 2.89. The van der Waals surface area contributed by atoms with Gasteiger partial charge in [-0.15, -0.1) is 0 Å². The molecule has 0 aliphatic rings. The molecule has 0 aliphatic heterocycles. The van der Waals surface area contributed by atoms with Gasteiger partial charge in [0.1, 0.15) is 29.9 Å². The highest BCUT2D eigenvalue weighted by Crippen LogP contribution is 2.28. The molecule has 102 valence electrons. The fraction of sp³-hybridized carbons (Fsp3) is 0.333. The predicted octanol–water partition coefficient (Wildman–Crippen LogP) is 0.826. The van der Waals surface area contributed by atoms with Gasteiger partial charge < -0.3 is 10.2 Å². The van der Waals surface area contributed by atoms with Gasteiger partial charge in [0.2, 0.25) is 0 Å². The lowest BCUT2D eigenvalue weighted by molar-refractivity contribution is -0.0326. The number of benzene rings is 1. The third-order valence-electron chi connectivity index (χ3n) is 2.92. The second-order valence-corrected chi connectivity index (χ2v) is 4.22. The number of aliphatic hydroxyl groups excluding tert-OH is 1. The highest BCUT2D eigenvalue weighted by molar-refractivity contribution is 5.25. The normalized spacial score (nSPS) is 14.3. The van der Waals surface area contributed by atoms with Gasteiger partial charge in [-0.05, 0) is 6.07 Å².